The number of benzene rings is 1. The van der Waals surface area contributed by atoms with Crippen molar-refractivity contribution >= 4 is 40.9 Å². The third-order valence-corrected chi connectivity index (χ3v) is 4.42. The number of halogens is 2. The Hall–Kier alpha value is -0.380. The van der Waals surface area contributed by atoms with Gasteiger partial charge in [0.05, 0.1) is 22.6 Å². The lowest BCUT2D eigenvalue weighted by Gasteiger charge is -2.20. The van der Waals surface area contributed by atoms with E-state index in [1.807, 2.05) is 19.9 Å². The Kier molecular flexibility index (Phi) is 5.17. The summed E-state index contributed by atoms with van der Waals surface area (Å²) in [4.78, 5) is 12.5. The monoisotopic (exact) mass is 292 g/mol. The molecule has 0 aliphatic heterocycles. The van der Waals surface area contributed by atoms with Gasteiger partial charge in [0, 0.05) is 10.6 Å². The van der Waals surface area contributed by atoms with E-state index in [1.54, 1.807) is 23.9 Å². The largest absolute Gasteiger partial charge is 0.469 e. The molecule has 1 aromatic rings. The Morgan fingerprint density at radius 2 is 2.00 bits per heavy atom. The number of carbonyl (C=O) groups is 1. The average Bonchev–Trinajstić information content (AvgIpc) is 2.29. The Balaban J connectivity index is 2.67. The number of esters is 1. The van der Waals surface area contributed by atoms with Crippen molar-refractivity contribution in [2.75, 3.05) is 12.9 Å². The molecule has 0 radical (unpaired) electrons. The van der Waals surface area contributed by atoms with Crippen LogP contribution in [0.3, 0.4) is 0 Å². The third-order valence-electron chi connectivity index (χ3n) is 2.23. The van der Waals surface area contributed by atoms with Crippen molar-refractivity contribution < 1.29 is 9.53 Å². The molecule has 0 N–H and O–H groups in total. The maximum atomic E-state index is 11.5. The van der Waals surface area contributed by atoms with Gasteiger partial charge in [-0.05, 0) is 32.0 Å². The van der Waals surface area contributed by atoms with E-state index in [0.29, 0.717) is 15.8 Å². The summed E-state index contributed by atoms with van der Waals surface area (Å²) < 4.78 is 4.75. The highest BCUT2D eigenvalue weighted by Gasteiger charge is 2.28. The lowest BCUT2D eigenvalue weighted by Crippen LogP contribution is -2.28. The fraction of sp³-hybridized carbons (Fsp3) is 0.417. The molecule has 0 heterocycles. The Morgan fingerprint density at radius 1 is 1.35 bits per heavy atom. The van der Waals surface area contributed by atoms with Gasteiger partial charge in [0.15, 0.2) is 0 Å². The van der Waals surface area contributed by atoms with E-state index in [-0.39, 0.29) is 5.97 Å². The first kappa shape index (κ1) is 14.7. The fourth-order valence-corrected chi connectivity index (χ4v) is 2.54. The quantitative estimate of drug-likeness (QED) is 0.612. The highest BCUT2D eigenvalue weighted by molar-refractivity contribution is 7.99. The summed E-state index contributed by atoms with van der Waals surface area (Å²) in [6.07, 6.45) is 0. The van der Waals surface area contributed by atoms with Crippen LogP contribution in [0.5, 0.6) is 0 Å². The lowest BCUT2D eigenvalue weighted by molar-refractivity contribution is -0.149. The smallest absolute Gasteiger partial charge is 0.312 e. The normalized spacial score (nSPS) is 11.4. The summed E-state index contributed by atoms with van der Waals surface area (Å²) in [5.74, 6) is 0.405. The number of carbonyl (C=O) groups excluding carboxylic acids is 1. The molecule has 94 valence electrons. The summed E-state index contributed by atoms with van der Waals surface area (Å²) in [7, 11) is 1.40. The molecule has 17 heavy (non-hydrogen) atoms. The summed E-state index contributed by atoms with van der Waals surface area (Å²) in [5, 5.41) is 1.05. The molecular formula is C12H14Cl2O2S. The van der Waals surface area contributed by atoms with E-state index in [4.69, 9.17) is 27.9 Å². The van der Waals surface area contributed by atoms with E-state index in [2.05, 4.69) is 0 Å². The number of hydrogen-bond donors (Lipinski definition) is 0. The minimum absolute atomic E-state index is 0.218. The molecule has 0 atom stereocenters. The van der Waals surface area contributed by atoms with Gasteiger partial charge in [0.2, 0.25) is 0 Å². The topological polar surface area (TPSA) is 26.3 Å². The van der Waals surface area contributed by atoms with Gasteiger partial charge < -0.3 is 4.74 Å². The van der Waals surface area contributed by atoms with Gasteiger partial charge in [-0.2, -0.15) is 0 Å². The number of thioether (sulfide) groups is 1. The minimum atomic E-state index is -0.522. The molecule has 5 heteroatoms. The van der Waals surface area contributed by atoms with E-state index >= 15 is 0 Å². The Labute approximate surface area is 116 Å². The SMILES string of the molecule is COC(=O)C(C)(C)CSc1ccc(Cl)c(Cl)c1. The molecule has 0 spiro atoms. The summed E-state index contributed by atoms with van der Waals surface area (Å²) in [5.41, 5.74) is -0.522. The first-order valence-electron chi connectivity index (χ1n) is 5.03. The van der Waals surface area contributed by atoms with Crippen LogP contribution in [-0.4, -0.2) is 18.8 Å². The zero-order valence-electron chi connectivity index (χ0n) is 9.92. The molecule has 0 unspecified atom stereocenters. The zero-order chi connectivity index (χ0) is 13.1. The van der Waals surface area contributed by atoms with Crippen LogP contribution >= 0.6 is 35.0 Å². The van der Waals surface area contributed by atoms with E-state index in [9.17, 15) is 4.79 Å². The van der Waals surface area contributed by atoms with Crippen LogP contribution in [0.25, 0.3) is 0 Å². The molecular weight excluding hydrogens is 279 g/mol. The second kappa shape index (κ2) is 5.98. The van der Waals surface area contributed by atoms with Gasteiger partial charge >= 0.3 is 5.97 Å². The van der Waals surface area contributed by atoms with Gasteiger partial charge in [-0.3, -0.25) is 4.79 Å². The molecule has 1 rings (SSSR count). The highest BCUT2D eigenvalue weighted by atomic mass is 35.5. The van der Waals surface area contributed by atoms with Crippen molar-refractivity contribution in [1.82, 2.24) is 0 Å². The molecule has 0 aliphatic rings. The molecule has 0 aliphatic carbocycles. The maximum Gasteiger partial charge on any atom is 0.312 e. The van der Waals surface area contributed by atoms with Crippen molar-refractivity contribution in [2.24, 2.45) is 5.41 Å². The van der Waals surface area contributed by atoms with Gasteiger partial charge in [0.25, 0.3) is 0 Å². The van der Waals surface area contributed by atoms with Gasteiger partial charge in [-0.15, -0.1) is 11.8 Å². The standard InChI is InChI=1S/C12H14Cl2O2S/c1-12(2,11(15)16-3)7-17-8-4-5-9(13)10(14)6-8/h4-6H,7H2,1-3H3. The van der Waals surface area contributed by atoms with Crippen molar-refractivity contribution in [3.8, 4) is 0 Å². The molecule has 0 bridgehead atoms. The van der Waals surface area contributed by atoms with Gasteiger partial charge in [-0.25, -0.2) is 0 Å². The summed E-state index contributed by atoms with van der Waals surface area (Å²) in [6, 6.07) is 5.42. The van der Waals surface area contributed by atoms with Crippen LogP contribution < -0.4 is 0 Å². The molecule has 0 fully saturated rings. The fourth-order valence-electron chi connectivity index (χ4n) is 1.17. The summed E-state index contributed by atoms with van der Waals surface area (Å²) >= 11 is 13.3. The number of hydrogen-bond acceptors (Lipinski definition) is 3. The Morgan fingerprint density at radius 3 is 2.53 bits per heavy atom. The maximum absolute atomic E-state index is 11.5. The lowest BCUT2D eigenvalue weighted by atomic mass is 9.97. The van der Waals surface area contributed by atoms with E-state index in [1.165, 1.54) is 7.11 Å². The molecule has 2 nitrogen and oxygen atoms in total. The third kappa shape index (κ3) is 4.09. The van der Waals surface area contributed by atoms with Crippen molar-refractivity contribution in [3.05, 3.63) is 28.2 Å². The zero-order valence-corrected chi connectivity index (χ0v) is 12.2. The van der Waals surface area contributed by atoms with Crippen LogP contribution in [0.2, 0.25) is 10.0 Å². The predicted octanol–water partition coefficient (Wildman–Crippen LogP) is 4.28. The second-order valence-corrected chi connectivity index (χ2v) is 6.10. The molecule has 1 aromatic carbocycles. The minimum Gasteiger partial charge on any atom is -0.469 e. The second-order valence-electron chi connectivity index (χ2n) is 4.24. The van der Waals surface area contributed by atoms with Crippen LogP contribution in [-0.2, 0) is 9.53 Å². The van der Waals surface area contributed by atoms with Gasteiger partial charge in [-0.1, -0.05) is 23.2 Å². The molecule has 0 aromatic heterocycles. The Bertz CT molecular complexity index is 419. The number of rotatable bonds is 4. The van der Waals surface area contributed by atoms with Crippen molar-refractivity contribution in [3.63, 3.8) is 0 Å². The van der Waals surface area contributed by atoms with Crippen molar-refractivity contribution in [1.29, 1.82) is 0 Å². The average molecular weight is 293 g/mol. The van der Waals surface area contributed by atoms with E-state index in [0.717, 1.165) is 4.90 Å². The van der Waals surface area contributed by atoms with Crippen LogP contribution in [0.1, 0.15) is 13.8 Å². The number of ether oxygens (including phenoxy) is 1. The van der Waals surface area contributed by atoms with Crippen LogP contribution in [0.4, 0.5) is 0 Å². The first-order valence-corrected chi connectivity index (χ1v) is 6.77. The summed E-state index contributed by atoms with van der Waals surface area (Å²) in [6.45, 7) is 3.70. The molecule has 0 saturated carbocycles. The molecule has 0 saturated heterocycles. The van der Waals surface area contributed by atoms with Crippen molar-refractivity contribution in [2.45, 2.75) is 18.7 Å². The van der Waals surface area contributed by atoms with Gasteiger partial charge in [0.1, 0.15) is 0 Å². The molecule has 0 amide bonds. The predicted molar refractivity (Wildman–Crippen MR) is 73.0 cm³/mol. The number of methoxy groups -OCH3 is 1. The highest BCUT2D eigenvalue weighted by Crippen LogP contribution is 2.32. The van der Waals surface area contributed by atoms with Crippen LogP contribution in [0, 0.1) is 5.41 Å². The first-order chi connectivity index (χ1) is 7.86. The van der Waals surface area contributed by atoms with E-state index < -0.39 is 5.41 Å². The van der Waals surface area contributed by atoms with Crippen LogP contribution in [0.15, 0.2) is 23.1 Å².